The van der Waals surface area contributed by atoms with Crippen LogP contribution < -0.4 is 0 Å². The lowest BCUT2D eigenvalue weighted by molar-refractivity contribution is 0.103. The van der Waals surface area contributed by atoms with Crippen LogP contribution in [0.25, 0.3) is 65.3 Å². The second-order valence-corrected chi connectivity index (χ2v) is 11.7. The van der Waals surface area contributed by atoms with Crippen LogP contribution in [0.3, 0.4) is 0 Å². The summed E-state index contributed by atoms with van der Waals surface area (Å²) in [7, 11) is 0. The minimum Gasteiger partial charge on any atom is -0.289 e. The van der Waals surface area contributed by atoms with Gasteiger partial charge >= 0.3 is 0 Å². The summed E-state index contributed by atoms with van der Waals surface area (Å²) in [4.78, 5) is 27.0. The van der Waals surface area contributed by atoms with Crippen LogP contribution in [0, 0.1) is 5.92 Å². The molecule has 196 valence electrons. The van der Waals surface area contributed by atoms with E-state index in [4.69, 9.17) is 0 Å². The van der Waals surface area contributed by atoms with Crippen molar-refractivity contribution < 1.29 is 9.59 Å². The molecule has 0 spiro atoms. The lowest BCUT2D eigenvalue weighted by Crippen LogP contribution is -2.11. The fraction of sp³-hybridized carbons (Fsp3) is 0.128. The van der Waals surface area contributed by atoms with E-state index in [1.54, 1.807) is 0 Å². The van der Waals surface area contributed by atoms with Gasteiger partial charge in [0, 0.05) is 33.0 Å². The van der Waals surface area contributed by atoms with Gasteiger partial charge < -0.3 is 0 Å². The molecule has 0 fully saturated rings. The Morgan fingerprint density at radius 3 is 1.07 bits per heavy atom. The van der Waals surface area contributed by atoms with Crippen LogP contribution in [0.15, 0.2) is 97.1 Å². The minimum atomic E-state index is 0.0834. The number of hydrogen-bond donors (Lipinski definition) is 0. The van der Waals surface area contributed by atoms with Gasteiger partial charge in [0.25, 0.3) is 0 Å². The maximum Gasteiger partial charge on any atom is 0.194 e. The van der Waals surface area contributed by atoms with Crippen molar-refractivity contribution >= 4 is 54.7 Å². The Kier molecular flexibility index (Phi) is 5.03. The summed E-state index contributed by atoms with van der Waals surface area (Å²) in [6, 6.07) is 32.7. The van der Waals surface area contributed by atoms with Crippen molar-refractivity contribution in [2.24, 2.45) is 5.92 Å². The number of fused-ring (bicyclic) bond motifs is 6. The van der Waals surface area contributed by atoms with E-state index in [2.05, 4.69) is 57.2 Å². The molecule has 0 aliphatic heterocycles. The molecule has 0 aromatic heterocycles. The lowest BCUT2D eigenvalue weighted by atomic mass is 9.77. The Morgan fingerprint density at radius 1 is 0.415 bits per heavy atom. The van der Waals surface area contributed by atoms with Crippen molar-refractivity contribution in [3.05, 3.63) is 119 Å². The van der Waals surface area contributed by atoms with Gasteiger partial charge in [-0.2, -0.15) is 0 Å². The molecule has 0 amide bonds. The first-order valence-electron chi connectivity index (χ1n) is 14.5. The molecule has 7 aromatic rings. The Morgan fingerprint density at radius 2 is 0.732 bits per heavy atom. The van der Waals surface area contributed by atoms with Gasteiger partial charge in [0.2, 0.25) is 0 Å². The average molecular weight is 529 g/mol. The summed E-state index contributed by atoms with van der Waals surface area (Å²) in [5.41, 5.74) is 7.27. The van der Waals surface area contributed by atoms with Crippen LogP contribution in [-0.4, -0.2) is 11.6 Å². The summed E-state index contributed by atoms with van der Waals surface area (Å²) in [5, 5.41) is 8.83. The molecule has 0 N–H and O–H groups in total. The van der Waals surface area contributed by atoms with Crippen molar-refractivity contribution in [1.82, 2.24) is 0 Å². The molecule has 0 radical (unpaired) electrons. The molecule has 41 heavy (non-hydrogen) atoms. The van der Waals surface area contributed by atoms with Crippen molar-refractivity contribution in [3.8, 4) is 22.3 Å². The normalized spacial score (nSPS) is 13.2. The second kappa shape index (κ2) is 8.59. The van der Waals surface area contributed by atoms with Crippen molar-refractivity contribution in [1.29, 1.82) is 0 Å². The highest BCUT2D eigenvalue weighted by Crippen LogP contribution is 2.50. The fourth-order valence-corrected chi connectivity index (χ4v) is 6.84. The SMILES string of the molecule is CCC(C)C.O=C1c2ccccc2-c2ccc3c4ccc5c6c(ccc(c7ccc1c2c73)c64)-c1ccccc1C5=O. The number of carbonyl (C=O) groups excluding carboxylic acids is 2. The van der Waals surface area contributed by atoms with E-state index in [1.165, 1.54) is 6.42 Å². The van der Waals surface area contributed by atoms with Gasteiger partial charge in [0.05, 0.1) is 0 Å². The number of ketones is 2. The zero-order chi connectivity index (χ0) is 28.0. The van der Waals surface area contributed by atoms with Gasteiger partial charge in [0.1, 0.15) is 0 Å². The molecule has 0 saturated heterocycles. The fourth-order valence-electron chi connectivity index (χ4n) is 6.84. The molecular formula is C39H28O2. The topological polar surface area (TPSA) is 34.1 Å². The molecule has 0 heterocycles. The summed E-state index contributed by atoms with van der Waals surface area (Å²) in [6.07, 6.45) is 1.31. The van der Waals surface area contributed by atoms with E-state index in [9.17, 15) is 9.59 Å². The van der Waals surface area contributed by atoms with Gasteiger partial charge in [-0.05, 0) is 72.6 Å². The van der Waals surface area contributed by atoms with Crippen LogP contribution in [0.5, 0.6) is 0 Å². The third-order valence-corrected chi connectivity index (χ3v) is 9.13. The van der Waals surface area contributed by atoms with E-state index in [0.717, 1.165) is 93.5 Å². The predicted molar refractivity (Wildman–Crippen MR) is 171 cm³/mol. The maximum atomic E-state index is 13.5. The van der Waals surface area contributed by atoms with Gasteiger partial charge in [-0.3, -0.25) is 9.59 Å². The number of benzene rings is 7. The first-order chi connectivity index (χ1) is 20.0. The third-order valence-electron chi connectivity index (χ3n) is 9.13. The summed E-state index contributed by atoms with van der Waals surface area (Å²) in [6.45, 7) is 6.64. The van der Waals surface area contributed by atoms with E-state index in [1.807, 2.05) is 60.7 Å². The van der Waals surface area contributed by atoms with Gasteiger partial charge in [-0.15, -0.1) is 0 Å². The Hall–Kier alpha value is -4.82. The van der Waals surface area contributed by atoms with Crippen molar-refractivity contribution in [3.63, 3.8) is 0 Å². The van der Waals surface area contributed by atoms with Gasteiger partial charge in [0.15, 0.2) is 11.6 Å². The number of hydrogen-bond acceptors (Lipinski definition) is 2. The quantitative estimate of drug-likeness (QED) is 0.157. The highest BCUT2D eigenvalue weighted by molar-refractivity contribution is 6.41. The van der Waals surface area contributed by atoms with E-state index >= 15 is 0 Å². The highest BCUT2D eigenvalue weighted by atomic mass is 16.1. The van der Waals surface area contributed by atoms with Crippen molar-refractivity contribution in [2.75, 3.05) is 0 Å². The first-order valence-corrected chi connectivity index (χ1v) is 14.5. The van der Waals surface area contributed by atoms with Crippen LogP contribution in [0.4, 0.5) is 0 Å². The highest BCUT2D eigenvalue weighted by Gasteiger charge is 2.30. The molecule has 2 heteroatoms. The molecule has 9 rings (SSSR count). The summed E-state index contributed by atoms with van der Waals surface area (Å²) < 4.78 is 0. The molecule has 0 saturated carbocycles. The zero-order valence-corrected chi connectivity index (χ0v) is 23.3. The molecule has 0 atom stereocenters. The Balaban J connectivity index is 0.000000475. The van der Waals surface area contributed by atoms with Crippen LogP contribution in [0.1, 0.15) is 59.0 Å². The Bertz CT molecular complexity index is 2070. The van der Waals surface area contributed by atoms with Gasteiger partial charge in [-0.25, -0.2) is 0 Å². The molecule has 0 unspecified atom stereocenters. The lowest BCUT2D eigenvalue weighted by Gasteiger charge is -2.25. The molecular weight excluding hydrogens is 500 g/mol. The largest absolute Gasteiger partial charge is 0.289 e. The van der Waals surface area contributed by atoms with Crippen molar-refractivity contribution in [2.45, 2.75) is 27.2 Å². The number of rotatable bonds is 1. The summed E-state index contributed by atoms with van der Waals surface area (Å²) in [5.74, 6) is 1.05. The first kappa shape index (κ1) is 24.0. The predicted octanol–water partition coefficient (Wildman–Crippen LogP) is 10.2. The minimum absolute atomic E-state index is 0.0834. The van der Waals surface area contributed by atoms with Crippen LogP contribution >= 0.6 is 0 Å². The maximum absolute atomic E-state index is 13.5. The van der Waals surface area contributed by atoms with Crippen LogP contribution in [0.2, 0.25) is 0 Å². The molecule has 7 aromatic carbocycles. The van der Waals surface area contributed by atoms with E-state index < -0.39 is 0 Å². The monoisotopic (exact) mass is 528 g/mol. The Labute approximate surface area is 238 Å². The molecule has 2 nitrogen and oxygen atoms in total. The number of carbonyl (C=O) groups is 2. The zero-order valence-electron chi connectivity index (χ0n) is 23.3. The standard InChI is InChI=1S/C34H16O2.C5H12/c35-33-25-7-3-1-5-17(25)19-9-11-21-24-14-16-28-32-20(18-6-2-4-8-26(18)34(28)36)10-12-22(30(24)32)23-13-15-27(33)31(19)29(21)23;1-4-5(2)3/h1-16H;5H,4H2,1-3H3. The van der Waals surface area contributed by atoms with E-state index in [-0.39, 0.29) is 11.6 Å². The van der Waals surface area contributed by atoms with E-state index in [0.29, 0.717) is 0 Å². The third kappa shape index (κ3) is 3.13. The molecule has 2 aliphatic rings. The average Bonchev–Trinajstić information content (AvgIpc) is 3.02. The van der Waals surface area contributed by atoms with Crippen LogP contribution in [-0.2, 0) is 0 Å². The molecule has 2 aliphatic carbocycles. The molecule has 0 bridgehead atoms. The summed E-state index contributed by atoms with van der Waals surface area (Å²) >= 11 is 0. The second-order valence-electron chi connectivity index (χ2n) is 11.7. The smallest absolute Gasteiger partial charge is 0.194 e. The van der Waals surface area contributed by atoms with Gasteiger partial charge in [-0.1, -0.05) is 112 Å².